The maximum Gasteiger partial charge on any atom is 0.435 e. The van der Waals surface area contributed by atoms with Crippen LogP contribution >= 0.6 is 0 Å². The lowest BCUT2D eigenvalue weighted by Crippen LogP contribution is -2.08. The molecule has 1 heterocycles. The molecule has 0 bridgehead atoms. The van der Waals surface area contributed by atoms with Gasteiger partial charge in [-0.05, 0) is 12.1 Å². The lowest BCUT2D eigenvalue weighted by molar-refractivity contribution is -0.141. The molecule has 2 rings (SSSR count). The van der Waals surface area contributed by atoms with Crippen LogP contribution in [0.3, 0.4) is 0 Å². The molecule has 20 heavy (non-hydrogen) atoms. The van der Waals surface area contributed by atoms with Crippen molar-refractivity contribution >= 4 is 0 Å². The second-order valence-electron chi connectivity index (χ2n) is 3.81. The van der Waals surface area contributed by atoms with Crippen LogP contribution in [0.15, 0.2) is 30.3 Å². The summed E-state index contributed by atoms with van der Waals surface area (Å²) in [7, 11) is 0. The smallest absolute Gasteiger partial charge is 0.435 e. The van der Waals surface area contributed by atoms with Crippen molar-refractivity contribution in [2.75, 3.05) is 0 Å². The first-order valence-electron chi connectivity index (χ1n) is 5.47. The highest BCUT2D eigenvalue weighted by atomic mass is 19.4. The monoisotopic (exact) mass is 287 g/mol. The van der Waals surface area contributed by atoms with Gasteiger partial charge in [-0.3, -0.25) is 0 Å². The molecule has 2 N–H and O–H groups in total. The molecule has 0 atom stereocenters. The predicted molar refractivity (Wildman–Crippen MR) is 61.4 cm³/mol. The van der Waals surface area contributed by atoms with Gasteiger partial charge in [0.05, 0.1) is 0 Å². The Bertz CT molecular complexity index is 599. The van der Waals surface area contributed by atoms with Crippen LogP contribution in [0.4, 0.5) is 17.6 Å². The van der Waals surface area contributed by atoms with Crippen LogP contribution in [-0.4, -0.2) is 10.2 Å². The Labute approximate surface area is 111 Å². The highest BCUT2D eigenvalue weighted by molar-refractivity contribution is 5.31. The van der Waals surface area contributed by atoms with Crippen molar-refractivity contribution in [2.45, 2.75) is 12.7 Å². The van der Waals surface area contributed by atoms with Gasteiger partial charge in [-0.25, -0.2) is 4.39 Å². The molecule has 8 heteroatoms. The fourth-order valence-corrected chi connectivity index (χ4v) is 1.40. The fourth-order valence-electron chi connectivity index (χ4n) is 1.40. The Morgan fingerprint density at radius 1 is 1.10 bits per heavy atom. The summed E-state index contributed by atoms with van der Waals surface area (Å²) in [5, 5.41) is 6.26. The molecule has 1 aromatic heterocycles. The minimum atomic E-state index is -4.57. The van der Waals surface area contributed by atoms with Crippen LogP contribution in [0, 0.1) is 5.82 Å². The predicted octanol–water partition coefficient (Wildman–Crippen LogP) is 2.89. The van der Waals surface area contributed by atoms with E-state index in [4.69, 9.17) is 10.5 Å². The first kappa shape index (κ1) is 14.2. The van der Waals surface area contributed by atoms with E-state index in [0.717, 1.165) is 18.2 Å². The molecule has 0 fully saturated rings. The summed E-state index contributed by atoms with van der Waals surface area (Å²) in [4.78, 5) is 0. The zero-order valence-corrected chi connectivity index (χ0v) is 9.99. The topological polar surface area (TPSA) is 61.0 Å². The zero-order valence-electron chi connectivity index (χ0n) is 9.99. The summed E-state index contributed by atoms with van der Waals surface area (Å²) in [6.07, 6.45) is -4.57. The molecular weight excluding hydrogens is 278 g/mol. The van der Waals surface area contributed by atoms with Gasteiger partial charge in [-0.2, -0.15) is 13.2 Å². The lowest BCUT2D eigenvalue weighted by Gasteiger charge is -2.07. The average Bonchev–Trinajstić information content (AvgIpc) is 2.38. The van der Waals surface area contributed by atoms with E-state index in [1.165, 1.54) is 12.1 Å². The van der Waals surface area contributed by atoms with Gasteiger partial charge in [-0.15, -0.1) is 10.2 Å². The number of nitrogens with two attached hydrogens (primary N) is 1. The molecule has 1 aromatic carbocycles. The second-order valence-corrected chi connectivity index (χ2v) is 3.81. The van der Waals surface area contributed by atoms with Crippen molar-refractivity contribution < 1.29 is 22.3 Å². The van der Waals surface area contributed by atoms with Crippen LogP contribution in [-0.2, 0) is 12.7 Å². The number of hydrogen-bond acceptors (Lipinski definition) is 4. The lowest BCUT2D eigenvalue weighted by atomic mass is 10.2. The fraction of sp³-hybridized carbons (Fsp3) is 0.167. The van der Waals surface area contributed by atoms with E-state index in [2.05, 4.69) is 10.2 Å². The van der Waals surface area contributed by atoms with Gasteiger partial charge in [0, 0.05) is 24.2 Å². The van der Waals surface area contributed by atoms with E-state index in [0.29, 0.717) is 5.56 Å². The first-order chi connectivity index (χ1) is 9.40. The van der Waals surface area contributed by atoms with Gasteiger partial charge in [-0.1, -0.05) is 6.07 Å². The number of benzene rings is 1. The van der Waals surface area contributed by atoms with Crippen LogP contribution in [0.5, 0.6) is 11.6 Å². The standard InChI is InChI=1S/C12H9F4N3O/c13-9-5-8(2-1-7(9)6-17)20-11-4-3-10(18-19-11)12(14,15)16/h1-5H,6,17H2. The molecule has 0 unspecified atom stereocenters. The van der Waals surface area contributed by atoms with Gasteiger partial charge in [0.1, 0.15) is 11.6 Å². The third-order valence-corrected chi connectivity index (χ3v) is 2.40. The molecule has 106 valence electrons. The van der Waals surface area contributed by atoms with Crippen molar-refractivity contribution in [2.24, 2.45) is 5.73 Å². The SMILES string of the molecule is NCc1ccc(Oc2ccc(C(F)(F)F)nn2)cc1F. The first-order valence-corrected chi connectivity index (χ1v) is 5.47. The van der Waals surface area contributed by atoms with Gasteiger partial charge in [0.15, 0.2) is 5.69 Å². The molecule has 2 aromatic rings. The third-order valence-electron chi connectivity index (χ3n) is 2.40. The number of rotatable bonds is 3. The summed E-state index contributed by atoms with van der Waals surface area (Å²) in [6, 6.07) is 5.66. The average molecular weight is 287 g/mol. The Morgan fingerprint density at radius 2 is 1.85 bits per heavy atom. The summed E-state index contributed by atoms with van der Waals surface area (Å²) in [6.45, 7) is 0.0339. The summed E-state index contributed by atoms with van der Waals surface area (Å²) in [5.41, 5.74) is 4.47. The van der Waals surface area contributed by atoms with Crippen molar-refractivity contribution in [3.63, 3.8) is 0 Å². The van der Waals surface area contributed by atoms with E-state index in [1.54, 1.807) is 0 Å². The quantitative estimate of drug-likeness (QED) is 0.882. The zero-order chi connectivity index (χ0) is 14.8. The number of hydrogen-bond donors (Lipinski definition) is 1. The molecular formula is C12H9F4N3O. The summed E-state index contributed by atoms with van der Waals surface area (Å²) in [5.74, 6) is -0.642. The van der Waals surface area contributed by atoms with Crippen LogP contribution in [0.2, 0.25) is 0 Å². The van der Waals surface area contributed by atoms with E-state index in [9.17, 15) is 17.6 Å². The van der Waals surface area contributed by atoms with Crippen molar-refractivity contribution in [1.29, 1.82) is 0 Å². The largest absolute Gasteiger partial charge is 0.437 e. The second kappa shape index (κ2) is 5.41. The molecule has 0 saturated heterocycles. The van der Waals surface area contributed by atoms with Crippen LogP contribution in [0.25, 0.3) is 0 Å². The van der Waals surface area contributed by atoms with Gasteiger partial charge < -0.3 is 10.5 Å². The van der Waals surface area contributed by atoms with Gasteiger partial charge in [0.25, 0.3) is 0 Å². The van der Waals surface area contributed by atoms with E-state index in [-0.39, 0.29) is 18.2 Å². The third kappa shape index (κ3) is 3.21. The maximum atomic E-state index is 13.4. The normalized spacial score (nSPS) is 11.4. The van der Waals surface area contributed by atoms with E-state index in [1.807, 2.05) is 0 Å². The van der Waals surface area contributed by atoms with Crippen LogP contribution < -0.4 is 10.5 Å². The molecule has 0 amide bonds. The Hall–Kier alpha value is -2.22. The molecule has 0 radical (unpaired) electrons. The highest BCUT2D eigenvalue weighted by Gasteiger charge is 2.32. The Balaban J connectivity index is 2.16. The molecule has 4 nitrogen and oxygen atoms in total. The Kier molecular flexibility index (Phi) is 3.84. The molecule has 0 aliphatic carbocycles. The summed E-state index contributed by atoms with van der Waals surface area (Å²) >= 11 is 0. The molecule has 0 spiro atoms. The van der Waals surface area contributed by atoms with E-state index < -0.39 is 17.7 Å². The van der Waals surface area contributed by atoms with Crippen molar-refractivity contribution in [3.8, 4) is 11.6 Å². The minimum absolute atomic E-state index is 0.0339. The minimum Gasteiger partial charge on any atom is -0.437 e. The molecule has 0 aliphatic heterocycles. The van der Waals surface area contributed by atoms with Crippen molar-refractivity contribution in [3.05, 3.63) is 47.4 Å². The van der Waals surface area contributed by atoms with E-state index >= 15 is 0 Å². The van der Waals surface area contributed by atoms with Crippen molar-refractivity contribution in [1.82, 2.24) is 10.2 Å². The number of halogens is 4. The maximum absolute atomic E-state index is 13.4. The number of aromatic nitrogens is 2. The van der Waals surface area contributed by atoms with Crippen LogP contribution in [0.1, 0.15) is 11.3 Å². The molecule has 0 saturated carbocycles. The molecule has 0 aliphatic rings. The number of nitrogens with zero attached hydrogens (tertiary/aromatic N) is 2. The van der Waals surface area contributed by atoms with Gasteiger partial charge >= 0.3 is 6.18 Å². The highest BCUT2D eigenvalue weighted by Crippen LogP contribution is 2.28. The summed E-state index contributed by atoms with van der Waals surface area (Å²) < 4.78 is 55.4. The Morgan fingerprint density at radius 3 is 2.35 bits per heavy atom. The van der Waals surface area contributed by atoms with Gasteiger partial charge in [0.2, 0.25) is 5.88 Å². The number of ether oxygens (including phenoxy) is 1. The number of alkyl halides is 3.